The SMILES string of the molecule is C.CCOc1ccc(/C=N/NC(N)=O)cc1. The molecule has 0 saturated carbocycles. The molecule has 16 heavy (non-hydrogen) atoms. The van der Waals surface area contributed by atoms with Crippen LogP contribution in [-0.4, -0.2) is 18.9 Å². The number of ether oxygens (including phenoxy) is 1. The molecule has 5 nitrogen and oxygen atoms in total. The number of urea groups is 1. The van der Waals surface area contributed by atoms with Gasteiger partial charge in [0, 0.05) is 0 Å². The number of hydrogen-bond donors (Lipinski definition) is 2. The minimum atomic E-state index is -0.683. The summed E-state index contributed by atoms with van der Waals surface area (Å²) in [6.07, 6.45) is 1.50. The minimum Gasteiger partial charge on any atom is -0.494 e. The lowest BCUT2D eigenvalue weighted by Gasteiger charge is -2.01. The Morgan fingerprint density at radius 1 is 1.50 bits per heavy atom. The highest BCUT2D eigenvalue weighted by Gasteiger charge is 1.92. The molecular weight excluding hydrogens is 206 g/mol. The second-order valence-electron chi connectivity index (χ2n) is 2.74. The number of nitrogens with zero attached hydrogens (tertiary/aromatic N) is 1. The zero-order chi connectivity index (χ0) is 11.1. The van der Waals surface area contributed by atoms with Crippen LogP contribution < -0.4 is 15.9 Å². The molecule has 88 valence electrons. The predicted octanol–water partition coefficient (Wildman–Crippen LogP) is 1.72. The van der Waals surface area contributed by atoms with Gasteiger partial charge in [-0.15, -0.1) is 0 Å². The topological polar surface area (TPSA) is 76.7 Å². The molecule has 1 rings (SSSR count). The molecule has 0 fully saturated rings. The summed E-state index contributed by atoms with van der Waals surface area (Å²) in [5.74, 6) is 0.803. The number of hydrogen-bond acceptors (Lipinski definition) is 3. The van der Waals surface area contributed by atoms with E-state index in [0.717, 1.165) is 11.3 Å². The van der Waals surface area contributed by atoms with Crippen molar-refractivity contribution in [1.82, 2.24) is 5.43 Å². The number of amides is 2. The summed E-state index contributed by atoms with van der Waals surface area (Å²) < 4.78 is 5.27. The maximum absolute atomic E-state index is 10.3. The molecule has 0 atom stereocenters. The normalized spacial score (nSPS) is 9.56. The first kappa shape index (κ1) is 14.0. The molecule has 1 aromatic carbocycles. The summed E-state index contributed by atoms with van der Waals surface area (Å²) in [7, 11) is 0. The minimum absolute atomic E-state index is 0. The number of nitrogens with two attached hydrogens (primary N) is 1. The van der Waals surface area contributed by atoms with Gasteiger partial charge in [0.1, 0.15) is 5.75 Å². The van der Waals surface area contributed by atoms with E-state index < -0.39 is 6.03 Å². The van der Waals surface area contributed by atoms with Gasteiger partial charge in [-0.3, -0.25) is 0 Å². The third-order valence-corrected chi connectivity index (χ3v) is 1.58. The molecule has 0 aliphatic rings. The first-order chi connectivity index (χ1) is 7.22. The standard InChI is InChI=1S/C10H13N3O2.CH4/c1-2-15-9-5-3-8(4-6-9)7-12-13-10(11)14;/h3-7H,2H2,1H3,(H3,11,13,14);1H4/b12-7+;. The molecule has 0 aliphatic heterocycles. The maximum Gasteiger partial charge on any atom is 0.332 e. The Morgan fingerprint density at radius 3 is 2.62 bits per heavy atom. The molecule has 2 amide bonds. The number of primary amides is 1. The van der Waals surface area contributed by atoms with Crippen molar-refractivity contribution in [3.8, 4) is 5.75 Å². The number of hydrazone groups is 1. The summed E-state index contributed by atoms with van der Waals surface area (Å²) in [5, 5.41) is 3.63. The van der Waals surface area contributed by atoms with E-state index in [0.29, 0.717) is 6.61 Å². The van der Waals surface area contributed by atoms with Crippen LogP contribution in [0, 0.1) is 0 Å². The molecule has 0 saturated heterocycles. The van der Waals surface area contributed by atoms with Crippen molar-refractivity contribution in [3.63, 3.8) is 0 Å². The monoisotopic (exact) mass is 223 g/mol. The molecule has 0 bridgehead atoms. The van der Waals surface area contributed by atoms with E-state index >= 15 is 0 Å². The average molecular weight is 223 g/mol. The summed E-state index contributed by atoms with van der Waals surface area (Å²) >= 11 is 0. The number of carbonyl (C=O) groups is 1. The second-order valence-corrected chi connectivity index (χ2v) is 2.74. The Hall–Kier alpha value is -2.04. The second kappa shape index (κ2) is 7.28. The average Bonchev–Trinajstić information content (AvgIpc) is 2.20. The van der Waals surface area contributed by atoms with Crippen LogP contribution in [0.25, 0.3) is 0 Å². The Bertz CT molecular complexity index is 347. The molecule has 0 unspecified atom stereocenters. The molecule has 0 aromatic heterocycles. The van der Waals surface area contributed by atoms with E-state index in [1.54, 1.807) is 0 Å². The predicted molar refractivity (Wildman–Crippen MR) is 64.7 cm³/mol. The maximum atomic E-state index is 10.3. The third-order valence-electron chi connectivity index (χ3n) is 1.58. The van der Waals surface area contributed by atoms with Gasteiger partial charge in [0.05, 0.1) is 12.8 Å². The lowest BCUT2D eigenvalue weighted by Crippen LogP contribution is -2.24. The van der Waals surface area contributed by atoms with Gasteiger partial charge in [0.15, 0.2) is 0 Å². The van der Waals surface area contributed by atoms with E-state index in [-0.39, 0.29) is 7.43 Å². The van der Waals surface area contributed by atoms with Crippen molar-refractivity contribution in [2.75, 3.05) is 6.61 Å². The van der Waals surface area contributed by atoms with Gasteiger partial charge in [-0.25, -0.2) is 10.2 Å². The van der Waals surface area contributed by atoms with E-state index in [1.807, 2.05) is 31.2 Å². The first-order valence-corrected chi connectivity index (χ1v) is 4.53. The molecule has 0 spiro atoms. The molecular formula is C11H17N3O2. The molecule has 0 radical (unpaired) electrons. The zero-order valence-corrected chi connectivity index (χ0v) is 8.43. The fourth-order valence-corrected chi connectivity index (χ4v) is 0.987. The quantitative estimate of drug-likeness (QED) is 0.602. The fraction of sp³-hybridized carbons (Fsp3) is 0.273. The van der Waals surface area contributed by atoms with Gasteiger partial charge in [-0.1, -0.05) is 7.43 Å². The fourth-order valence-electron chi connectivity index (χ4n) is 0.987. The van der Waals surface area contributed by atoms with Gasteiger partial charge in [-0.2, -0.15) is 5.10 Å². The summed E-state index contributed by atoms with van der Waals surface area (Å²) in [6.45, 7) is 2.56. The number of benzene rings is 1. The highest BCUT2D eigenvalue weighted by atomic mass is 16.5. The highest BCUT2D eigenvalue weighted by molar-refractivity contribution is 5.81. The van der Waals surface area contributed by atoms with Gasteiger partial charge in [-0.05, 0) is 36.8 Å². The van der Waals surface area contributed by atoms with Gasteiger partial charge < -0.3 is 10.5 Å². The van der Waals surface area contributed by atoms with Crippen LogP contribution in [0.4, 0.5) is 4.79 Å². The lowest BCUT2D eigenvalue weighted by molar-refractivity contribution is 0.249. The Kier molecular flexibility index (Phi) is 6.35. The zero-order valence-electron chi connectivity index (χ0n) is 8.43. The van der Waals surface area contributed by atoms with Crippen LogP contribution in [0.2, 0.25) is 0 Å². The van der Waals surface area contributed by atoms with Crippen molar-refractivity contribution in [3.05, 3.63) is 29.8 Å². The largest absolute Gasteiger partial charge is 0.494 e. The van der Waals surface area contributed by atoms with Crippen molar-refractivity contribution in [2.24, 2.45) is 10.8 Å². The highest BCUT2D eigenvalue weighted by Crippen LogP contribution is 2.10. The molecule has 5 heteroatoms. The summed E-state index contributed by atoms with van der Waals surface area (Å²) in [4.78, 5) is 10.3. The van der Waals surface area contributed by atoms with Crippen molar-refractivity contribution in [2.45, 2.75) is 14.4 Å². The third kappa shape index (κ3) is 4.99. The lowest BCUT2D eigenvalue weighted by atomic mass is 10.2. The van der Waals surface area contributed by atoms with E-state index in [9.17, 15) is 4.79 Å². The van der Waals surface area contributed by atoms with Crippen LogP contribution in [0.5, 0.6) is 5.75 Å². The summed E-state index contributed by atoms with van der Waals surface area (Å²) in [5.41, 5.74) is 7.80. The van der Waals surface area contributed by atoms with Crippen LogP contribution in [0.15, 0.2) is 29.4 Å². The Labute approximate surface area is 95.3 Å². The van der Waals surface area contributed by atoms with Crippen molar-refractivity contribution >= 4 is 12.2 Å². The molecule has 0 aliphatic carbocycles. The van der Waals surface area contributed by atoms with Gasteiger partial charge in [0.25, 0.3) is 0 Å². The van der Waals surface area contributed by atoms with E-state index in [4.69, 9.17) is 10.5 Å². The number of nitrogens with one attached hydrogen (secondary N) is 1. The van der Waals surface area contributed by atoms with Crippen LogP contribution in [0.3, 0.4) is 0 Å². The molecule has 3 N–H and O–H groups in total. The molecule has 1 aromatic rings. The first-order valence-electron chi connectivity index (χ1n) is 4.53. The van der Waals surface area contributed by atoms with Gasteiger partial charge >= 0.3 is 6.03 Å². The van der Waals surface area contributed by atoms with Crippen molar-refractivity contribution < 1.29 is 9.53 Å². The number of rotatable bonds is 4. The smallest absolute Gasteiger partial charge is 0.332 e. The van der Waals surface area contributed by atoms with Crippen LogP contribution in [0.1, 0.15) is 19.9 Å². The van der Waals surface area contributed by atoms with Crippen LogP contribution >= 0.6 is 0 Å². The number of carbonyl (C=O) groups excluding carboxylic acids is 1. The Morgan fingerprint density at radius 2 is 2.12 bits per heavy atom. The van der Waals surface area contributed by atoms with Crippen LogP contribution in [-0.2, 0) is 0 Å². The van der Waals surface area contributed by atoms with E-state index in [2.05, 4.69) is 10.5 Å². The van der Waals surface area contributed by atoms with E-state index in [1.165, 1.54) is 6.21 Å². The van der Waals surface area contributed by atoms with Crippen molar-refractivity contribution in [1.29, 1.82) is 0 Å². The summed E-state index contributed by atoms with van der Waals surface area (Å²) in [6, 6.07) is 6.63. The van der Waals surface area contributed by atoms with Gasteiger partial charge in [0.2, 0.25) is 0 Å². The Balaban J connectivity index is 0.00000225. The molecule has 0 heterocycles.